The number of carbonyl (C=O) groups is 1. The fourth-order valence-electron chi connectivity index (χ4n) is 2.90. The van der Waals surface area contributed by atoms with E-state index in [9.17, 15) is 13.2 Å². The van der Waals surface area contributed by atoms with E-state index in [4.69, 9.17) is 8.92 Å². The molecular weight excluding hydrogens is 430 g/mol. The van der Waals surface area contributed by atoms with E-state index in [-0.39, 0.29) is 22.3 Å². The number of amides is 1. The number of ether oxygens (including phenoxy) is 1. The first-order valence-electron chi connectivity index (χ1n) is 10.0. The topological polar surface area (TPSA) is 99.5 Å². The van der Waals surface area contributed by atoms with Crippen molar-refractivity contribution >= 4 is 27.9 Å². The molecule has 2 aromatic carbocycles. The van der Waals surface area contributed by atoms with Crippen LogP contribution in [0.2, 0.25) is 0 Å². The summed E-state index contributed by atoms with van der Waals surface area (Å²) in [4.78, 5) is 12.3. The van der Waals surface area contributed by atoms with Gasteiger partial charge in [0, 0.05) is 18.7 Å². The lowest BCUT2D eigenvalue weighted by atomic mass is 10.2. The van der Waals surface area contributed by atoms with E-state index in [1.165, 1.54) is 31.4 Å². The molecule has 0 radical (unpaired) electrons. The lowest BCUT2D eigenvalue weighted by Gasteiger charge is -2.11. The van der Waals surface area contributed by atoms with E-state index < -0.39 is 10.1 Å². The van der Waals surface area contributed by atoms with Crippen LogP contribution in [-0.4, -0.2) is 31.2 Å². The van der Waals surface area contributed by atoms with Crippen LogP contribution in [0.15, 0.2) is 65.7 Å². The maximum absolute atomic E-state index is 12.6. The molecule has 0 spiro atoms. The lowest BCUT2D eigenvalue weighted by Crippen LogP contribution is -2.13. The summed E-state index contributed by atoms with van der Waals surface area (Å²) in [5.74, 6) is 0.579. The Morgan fingerprint density at radius 3 is 2.56 bits per heavy atom. The monoisotopic (exact) mass is 455 g/mol. The average molecular weight is 456 g/mol. The van der Waals surface area contributed by atoms with Crippen molar-refractivity contribution in [1.29, 1.82) is 0 Å². The van der Waals surface area contributed by atoms with E-state index >= 15 is 0 Å². The number of nitrogens with zero attached hydrogens (tertiary/aromatic N) is 2. The Morgan fingerprint density at radius 1 is 1.12 bits per heavy atom. The third-order valence-corrected chi connectivity index (χ3v) is 5.78. The molecule has 0 bridgehead atoms. The van der Waals surface area contributed by atoms with Crippen molar-refractivity contribution in [3.05, 3.63) is 71.9 Å². The first kappa shape index (κ1) is 23.1. The molecule has 9 heteroatoms. The molecule has 168 valence electrons. The molecule has 0 aliphatic heterocycles. The minimum atomic E-state index is -4.01. The Morgan fingerprint density at radius 2 is 1.88 bits per heavy atom. The van der Waals surface area contributed by atoms with E-state index in [1.807, 2.05) is 13.8 Å². The minimum absolute atomic E-state index is 0.0492. The largest absolute Gasteiger partial charge is 0.493 e. The van der Waals surface area contributed by atoms with Crippen LogP contribution in [0, 0.1) is 6.92 Å². The van der Waals surface area contributed by atoms with Crippen LogP contribution in [0.5, 0.6) is 11.5 Å². The highest BCUT2D eigenvalue weighted by molar-refractivity contribution is 7.87. The van der Waals surface area contributed by atoms with Gasteiger partial charge in [-0.15, -0.1) is 0 Å². The van der Waals surface area contributed by atoms with Gasteiger partial charge in [0.25, 0.3) is 0 Å². The van der Waals surface area contributed by atoms with Crippen molar-refractivity contribution < 1.29 is 22.1 Å². The predicted octanol–water partition coefficient (Wildman–Crippen LogP) is 4.03. The van der Waals surface area contributed by atoms with Gasteiger partial charge in [0.2, 0.25) is 5.91 Å². The number of anilines is 1. The van der Waals surface area contributed by atoms with Crippen LogP contribution < -0.4 is 14.2 Å². The number of hydrogen-bond donors (Lipinski definition) is 1. The third-order valence-electron chi connectivity index (χ3n) is 4.53. The van der Waals surface area contributed by atoms with Crippen molar-refractivity contribution in [1.82, 2.24) is 9.78 Å². The Kier molecular flexibility index (Phi) is 7.32. The SMILES string of the molecule is CCCn1nccc1NC(=O)/C=C/c1ccc(OS(=O)(=O)c2ccc(C)cc2)c(OC)c1. The molecule has 0 unspecified atom stereocenters. The zero-order valence-electron chi connectivity index (χ0n) is 18.1. The van der Waals surface area contributed by atoms with Gasteiger partial charge < -0.3 is 14.2 Å². The molecule has 32 heavy (non-hydrogen) atoms. The lowest BCUT2D eigenvalue weighted by molar-refractivity contribution is -0.111. The first-order valence-corrected chi connectivity index (χ1v) is 11.4. The normalized spacial score (nSPS) is 11.5. The second kappa shape index (κ2) is 10.1. The molecule has 1 amide bonds. The molecule has 3 rings (SSSR count). The molecule has 1 heterocycles. The summed E-state index contributed by atoms with van der Waals surface area (Å²) in [6.07, 6.45) is 5.50. The summed E-state index contributed by atoms with van der Waals surface area (Å²) < 4.78 is 37.4. The quantitative estimate of drug-likeness (QED) is 0.386. The number of aromatic nitrogens is 2. The van der Waals surface area contributed by atoms with Gasteiger partial charge >= 0.3 is 10.1 Å². The fourth-order valence-corrected chi connectivity index (χ4v) is 3.84. The molecule has 8 nitrogen and oxygen atoms in total. The standard InChI is InChI=1S/C23H25N3O5S/c1-4-15-26-22(13-14-24-26)25-23(27)12-8-18-7-11-20(21(16-18)30-3)31-32(28,29)19-9-5-17(2)6-10-19/h5-14,16H,4,15H2,1-3H3,(H,25,27)/b12-8+. The summed E-state index contributed by atoms with van der Waals surface area (Å²) in [5, 5.41) is 6.94. The van der Waals surface area contributed by atoms with Gasteiger partial charge in [-0.2, -0.15) is 13.5 Å². The minimum Gasteiger partial charge on any atom is -0.493 e. The summed E-state index contributed by atoms with van der Waals surface area (Å²) in [6.45, 7) is 4.60. The van der Waals surface area contributed by atoms with Gasteiger partial charge in [-0.3, -0.25) is 4.79 Å². The molecule has 0 atom stereocenters. The number of aryl methyl sites for hydroxylation is 2. The van der Waals surface area contributed by atoms with Gasteiger partial charge in [0.15, 0.2) is 11.5 Å². The maximum atomic E-state index is 12.6. The van der Waals surface area contributed by atoms with Gasteiger partial charge in [-0.05, 0) is 49.2 Å². The second-order valence-electron chi connectivity index (χ2n) is 7.02. The number of carbonyl (C=O) groups excluding carboxylic acids is 1. The zero-order chi connectivity index (χ0) is 23.1. The maximum Gasteiger partial charge on any atom is 0.339 e. The number of nitrogens with one attached hydrogen (secondary N) is 1. The number of rotatable bonds is 9. The van der Waals surface area contributed by atoms with Gasteiger partial charge in [-0.1, -0.05) is 30.7 Å². The van der Waals surface area contributed by atoms with Crippen molar-refractivity contribution in [2.45, 2.75) is 31.7 Å². The molecule has 0 fully saturated rings. The van der Waals surface area contributed by atoms with Crippen LogP contribution in [-0.2, 0) is 21.5 Å². The highest BCUT2D eigenvalue weighted by Gasteiger charge is 2.19. The summed E-state index contributed by atoms with van der Waals surface area (Å²) in [5.41, 5.74) is 1.58. The molecular formula is C23H25N3O5S. The Balaban J connectivity index is 1.72. The molecule has 0 aliphatic rings. The van der Waals surface area contributed by atoms with Crippen LogP contribution in [0.1, 0.15) is 24.5 Å². The van der Waals surface area contributed by atoms with Gasteiger partial charge in [0.1, 0.15) is 10.7 Å². The smallest absolute Gasteiger partial charge is 0.339 e. The zero-order valence-corrected chi connectivity index (χ0v) is 18.9. The Hall–Kier alpha value is -3.59. The molecule has 0 saturated carbocycles. The van der Waals surface area contributed by atoms with E-state index in [1.54, 1.807) is 47.3 Å². The van der Waals surface area contributed by atoms with Crippen LogP contribution in [0.3, 0.4) is 0 Å². The Labute approximate surface area is 187 Å². The highest BCUT2D eigenvalue weighted by atomic mass is 32.2. The van der Waals surface area contributed by atoms with Crippen LogP contribution in [0.25, 0.3) is 6.08 Å². The molecule has 0 saturated heterocycles. The van der Waals surface area contributed by atoms with Crippen molar-refractivity contribution in [2.24, 2.45) is 0 Å². The second-order valence-corrected chi connectivity index (χ2v) is 8.57. The summed E-state index contributed by atoms with van der Waals surface area (Å²) in [7, 11) is -2.60. The van der Waals surface area contributed by atoms with Crippen molar-refractivity contribution in [3.8, 4) is 11.5 Å². The highest BCUT2D eigenvalue weighted by Crippen LogP contribution is 2.31. The van der Waals surface area contributed by atoms with Crippen LogP contribution in [0.4, 0.5) is 5.82 Å². The number of benzene rings is 2. The van der Waals surface area contributed by atoms with E-state index in [0.29, 0.717) is 17.9 Å². The average Bonchev–Trinajstić information content (AvgIpc) is 3.20. The number of methoxy groups -OCH3 is 1. The first-order chi connectivity index (χ1) is 15.3. The third kappa shape index (κ3) is 5.76. The summed E-state index contributed by atoms with van der Waals surface area (Å²) >= 11 is 0. The van der Waals surface area contributed by atoms with Crippen molar-refractivity contribution in [2.75, 3.05) is 12.4 Å². The fraction of sp³-hybridized carbons (Fsp3) is 0.217. The van der Waals surface area contributed by atoms with E-state index in [2.05, 4.69) is 10.4 Å². The molecule has 1 aromatic heterocycles. The molecule has 3 aromatic rings. The number of hydrogen-bond acceptors (Lipinski definition) is 6. The molecule has 1 N–H and O–H groups in total. The van der Waals surface area contributed by atoms with E-state index in [0.717, 1.165) is 12.0 Å². The summed E-state index contributed by atoms with van der Waals surface area (Å²) in [6, 6.07) is 12.8. The Bertz CT molecular complexity index is 1210. The molecule has 0 aliphatic carbocycles. The van der Waals surface area contributed by atoms with Gasteiger partial charge in [-0.25, -0.2) is 4.68 Å². The van der Waals surface area contributed by atoms with Crippen molar-refractivity contribution in [3.63, 3.8) is 0 Å². The van der Waals surface area contributed by atoms with Gasteiger partial charge in [0.05, 0.1) is 13.3 Å². The van der Waals surface area contributed by atoms with Crippen LogP contribution >= 0.6 is 0 Å². The predicted molar refractivity (Wildman–Crippen MR) is 122 cm³/mol.